The molecule has 2 rings (SSSR count). The van der Waals surface area contributed by atoms with Gasteiger partial charge >= 0.3 is 0 Å². The summed E-state index contributed by atoms with van der Waals surface area (Å²) in [5, 5.41) is 1.08. The van der Waals surface area contributed by atoms with Gasteiger partial charge in [-0.3, -0.25) is 0 Å². The number of halogens is 2. The fourth-order valence-electron chi connectivity index (χ4n) is 1.24. The molecule has 2 aromatic rings. The molecule has 0 heterocycles. The average molecular weight is 252 g/mol. The van der Waals surface area contributed by atoms with Gasteiger partial charge in [0.05, 0.1) is 5.02 Å². The standard InChI is InChI=1S/C13H9Cl2O/c1-9-2-5-11(6-3-9)16-13-7-4-10(14)8-12(13)15/h2-8H,1H2. The van der Waals surface area contributed by atoms with Crippen molar-refractivity contribution in [2.75, 3.05) is 0 Å². The molecule has 1 nitrogen and oxygen atoms in total. The highest BCUT2D eigenvalue weighted by molar-refractivity contribution is 6.35. The number of ether oxygens (including phenoxy) is 1. The lowest BCUT2D eigenvalue weighted by molar-refractivity contribution is 0.483. The van der Waals surface area contributed by atoms with Crippen molar-refractivity contribution < 1.29 is 4.74 Å². The van der Waals surface area contributed by atoms with Crippen LogP contribution in [0.25, 0.3) is 0 Å². The first-order valence-electron chi connectivity index (χ1n) is 4.70. The molecule has 0 N–H and O–H groups in total. The lowest BCUT2D eigenvalue weighted by atomic mass is 10.2. The highest BCUT2D eigenvalue weighted by Crippen LogP contribution is 2.31. The lowest BCUT2D eigenvalue weighted by Gasteiger charge is -2.07. The van der Waals surface area contributed by atoms with Crippen molar-refractivity contribution in [3.05, 3.63) is 65.0 Å². The van der Waals surface area contributed by atoms with E-state index in [1.54, 1.807) is 18.2 Å². The van der Waals surface area contributed by atoms with E-state index in [2.05, 4.69) is 6.92 Å². The molecule has 0 atom stereocenters. The molecule has 0 fully saturated rings. The van der Waals surface area contributed by atoms with E-state index < -0.39 is 0 Å². The van der Waals surface area contributed by atoms with Crippen LogP contribution in [-0.2, 0) is 0 Å². The second-order valence-corrected chi connectivity index (χ2v) is 4.16. The van der Waals surface area contributed by atoms with Crippen LogP contribution in [0.3, 0.4) is 0 Å². The fourth-order valence-corrected chi connectivity index (χ4v) is 1.69. The number of hydrogen-bond donors (Lipinski definition) is 0. The maximum Gasteiger partial charge on any atom is 0.146 e. The maximum atomic E-state index is 5.99. The van der Waals surface area contributed by atoms with Gasteiger partial charge in [0.15, 0.2) is 0 Å². The van der Waals surface area contributed by atoms with Crippen molar-refractivity contribution in [2.24, 2.45) is 0 Å². The Bertz CT molecular complexity index is 492. The zero-order valence-corrected chi connectivity index (χ0v) is 9.92. The van der Waals surface area contributed by atoms with Gasteiger partial charge in [-0.1, -0.05) is 35.3 Å². The van der Waals surface area contributed by atoms with Crippen LogP contribution in [0.1, 0.15) is 5.56 Å². The zero-order chi connectivity index (χ0) is 11.5. The third kappa shape index (κ3) is 2.69. The van der Waals surface area contributed by atoms with Crippen LogP contribution < -0.4 is 4.74 Å². The Morgan fingerprint density at radius 3 is 2.25 bits per heavy atom. The largest absolute Gasteiger partial charge is 0.456 e. The number of rotatable bonds is 2. The van der Waals surface area contributed by atoms with Crippen molar-refractivity contribution in [1.29, 1.82) is 0 Å². The summed E-state index contributed by atoms with van der Waals surface area (Å²) in [6.07, 6.45) is 0. The molecule has 0 saturated heterocycles. The first kappa shape index (κ1) is 11.3. The Morgan fingerprint density at radius 1 is 0.938 bits per heavy atom. The average Bonchev–Trinajstić information content (AvgIpc) is 2.25. The summed E-state index contributed by atoms with van der Waals surface area (Å²) in [6.45, 7) is 3.80. The molecule has 81 valence electrons. The number of benzene rings is 2. The van der Waals surface area contributed by atoms with Gasteiger partial charge in [0.1, 0.15) is 11.5 Å². The molecular formula is C13H9Cl2O. The summed E-state index contributed by atoms with van der Waals surface area (Å²) in [6, 6.07) is 12.5. The molecule has 1 radical (unpaired) electrons. The first-order valence-corrected chi connectivity index (χ1v) is 5.46. The third-order valence-corrected chi connectivity index (χ3v) is 2.58. The van der Waals surface area contributed by atoms with Gasteiger partial charge in [0.2, 0.25) is 0 Å². The van der Waals surface area contributed by atoms with Crippen LogP contribution in [0, 0.1) is 6.92 Å². The predicted molar refractivity (Wildman–Crippen MR) is 67.4 cm³/mol. The molecule has 0 aromatic heterocycles. The van der Waals surface area contributed by atoms with Gasteiger partial charge in [-0.25, -0.2) is 0 Å². The van der Waals surface area contributed by atoms with Crippen molar-refractivity contribution in [3.63, 3.8) is 0 Å². The minimum absolute atomic E-state index is 0.492. The normalized spacial score (nSPS) is 10.2. The summed E-state index contributed by atoms with van der Waals surface area (Å²) in [4.78, 5) is 0. The molecule has 2 aromatic carbocycles. The summed E-state index contributed by atoms with van der Waals surface area (Å²) in [5.41, 5.74) is 0.939. The Labute approximate surface area is 105 Å². The van der Waals surface area contributed by atoms with Crippen LogP contribution in [0.15, 0.2) is 42.5 Å². The van der Waals surface area contributed by atoms with E-state index >= 15 is 0 Å². The Morgan fingerprint density at radius 2 is 1.62 bits per heavy atom. The summed E-state index contributed by atoms with van der Waals surface area (Å²) in [7, 11) is 0. The van der Waals surface area contributed by atoms with Crippen LogP contribution in [0.2, 0.25) is 10.0 Å². The minimum atomic E-state index is 0.492. The van der Waals surface area contributed by atoms with E-state index in [4.69, 9.17) is 27.9 Å². The minimum Gasteiger partial charge on any atom is -0.456 e. The van der Waals surface area contributed by atoms with E-state index in [-0.39, 0.29) is 0 Å². The van der Waals surface area contributed by atoms with Gasteiger partial charge < -0.3 is 4.74 Å². The molecule has 0 spiro atoms. The van der Waals surface area contributed by atoms with E-state index in [0.29, 0.717) is 15.8 Å². The Hall–Kier alpha value is -1.18. The van der Waals surface area contributed by atoms with Gasteiger partial charge in [-0.05, 0) is 42.8 Å². The van der Waals surface area contributed by atoms with Crippen LogP contribution >= 0.6 is 23.2 Å². The zero-order valence-electron chi connectivity index (χ0n) is 8.41. The highest BCUT2D eigenvalue weighted by Gasteiger charge is 2.03. The summed E-state index contributed by atoms with van der Waals surface area (Å²) >= 11 is 11.8. The topological polar surface area (TPSA) is 9.23 Å². The van der Waals surface area contributed by atoms with Crippen LogP contribution in [0.5, 0.6) is 11.5 Å². The predicted octanol–water partition coefficient (Wildman–Crippen LogP) is 4.97. The third-order valence-electron chi connectivity index (χ3n) is 2.05. The van der Waals surface area contributed by atoms with Gasteiger partial charge in [0.25, 0.3) is 0 Å². The van der Waals surface area contributed by atoms with Crippen molar-refractivity contribution >= 4 is 23.2 Å². The molecule has 0 unspecified atom stereocenters. The van der Waals surface area contributed by atoms with Crippen molar-refractivity contribution in [1.82, 2.24) is 0 Å². The van der Waals surface area contributed by atoms with E-state index in [1.165, 1.54) is 0 Å². The second-order valence-electron chi connectivity index (χ2n) is 3.32. The summed E-state index contributed by atoms with van der Waals surface area (Å²) in [5.74, 6) is 1.31. The number of hydrogen-bond acceptors (Lipinski definition) is 1. The monoisotopic (exact) mass is 251 g/mol. The molecule has 0 aliphatic heterocycles. The lowest BCUT2D eigenvalue weighted by Crippen LogP contribution is -1.85. The first-order chi connectivity index (χ1) is 7.65. The molecular weight excluding hydrogens is 243 g/mol. The maximum absolute atomic E-state index is 5.99. The van der Waals surface area contributed by atoms with E-state index in [0.717, 1.165) is 11.3 Å². The van der Waals surface area contributed by atoms with E-state index in [1.807, 2.05) is 24.3 Å². The van der Waals surface area contributed by atoms with Crippen LogP contribution in [-0.4, -0.2) is 0 Å². The fraction of sp³-hybridized carbons (Fsp3) is 0. The summed E-state index contributed by atoms with van der Waals surface area (Å²) < 4.78 is 5.60. The van der Waals surface area contributed by atoms with Gasteiger partial charge in [-0.2, -0.15) is 0 Å². The Balaban J connectivity index is 2.23. The highest BCUT2D eigenvalue weighted by atomic mass is 35.5. The van der Waals surface area contributed by atoms with Crippen molar-refractivity contribution in [2.45, 2.75) is 0 Å². The Kier molecular flexibility index (Phi) is 3.37. The van der Waals surface area contributed by atoms with Crippen molar-refractivity contribution in [3.8, 4) is 11.5 Å². The molecule has 0 aliphatic carbocycles. The molecule has 0 aliphatic rings. The van der Waals surface area contributed by atoms with E-state index in [9.17, 15) is 0 Å². The van der Waals surface area contributed by atoms with Gasteiger partial charge in [0, 0.05) is 5.02 Å². The molecule has 16 heavy (non-hydrogen) atoms. The quantitative estimate of drug-likeness (QED) is 0.733. The van der Waals surface area contributed by atoms with Crippen LogP contribution in [0.4, 0.5) is 0 Å². The second kappa shape index (κ2) is 4.77. The molecule has 0 amide bonds. The molecule has 0 bridgehead atoms. The van der Waals surface area contributed by atoms with Gasteiger partial charge in [-0.15, -0.1) is 0 Å². The molecule has 0 saturated carbocycles. The smallest absolute Gasteiger partial charge is 0.146 e. The molecule has 3 heteroatoms. The SMILES string of the molecule is [CH2]c1ccc(Oc2ccc(Cl)cc2Cl)cc1.